The van der Waals surface area contributed by atoms with E-state index in [1.807, 2.05) is 57.2 Å². The average molecular weight is 618 g/mol. The summed E-state index contributed by atoms with van der Waals surface area (Å²) in [6.07, 6.45) is 3.33. The smallest absolute Gasteiger partial charge is 0.410 e. The number of nitrogens with zero attached hydrogens (tertiary/aromatic N) is 1. The van der Waals surface area contributed by atoms with Crippen LogP contribution in [0.25, 0.3) is 0 Å². The summed E-state index contributed by atoms with van der Waals surface area (Å²) in [7, 11) is 1.56. The average Bonchev–Trinajstić information content (AvgIpc) is 2.92. The van der Waals surface area contributed by atoms with Crippen LogP contribution >= 0.6 is 15.9 Å². The number of aliphatic hydroxyl groups is 1. The first kappa shape index (κ1) is 30.3. The molecular formula is C31H41BrN2O6. The van der Waals surface area contributed by atoms with Gasteiger partial charge < -0.3 is 29.5 Å². The molecule has 4 rings (SSSR count). The van der Waals surface area contributed by atoms with Crippen molar-refractivity contribution in [2.24, 2.45) is 0 Å². The Balaban J connectivity index is 1.64. The molecule has 2 unspecified atom stereocenters. The van der Waals surface area contributed by atoms with Crippen molar-refractivity contribution >= 4 is 27.8 Å². The van der Waals surface area contributed by atoms with Gasteiger partial charge in [0.25, 0.3) is 0 Å². The molecule has 218 valence electrons. The predicted octanol–water partition coefficient (Wildman–Crippen LogP) is 5.59. The minimum Gasteiger partial charge on any atom is -0.493 e. The molecular weight excluding hydrogens is 576 g/mol. The number of hydrogen-bond acceptors (Lipinski definition) is 7. The summed E-state index contributed by atoms with van der Waals surface area (Å²) in [4.78, 5) is 28.6. The van der Waals surface area contributed by atoms with Crippen molar-refractivity contribution < 1.29 is 28.9 Å². The van der Waals surface area contributed by atoms with Crippen LogP contribution in [0.1, 0.15) is 69.9 Å². The molecule has 2 aromatic carbocycles. The third-order valence-electron chi connectivity index (χ3n) is 7.52. The van der Waals surface area contributed by atoms with E-state index in [0.29, 0.717) is 54.1 Å². The van der Waals surface area contributed by atoms with Gasteiger partial charge in [0.05, 0.1) is 29.1 Å². The Bertz CT molecular complexity index is 1180. The standard InChI is InChI=1S/C31H41BrN2O6/c1-30(2,3)40-29(36)34-16-15-33-24(19-34)27(35)26(31(37)13-9-6-10-14-31)22-17-23(32)28(25(18-22)38-4)39-20-21-11-7-5-8-12-21/h5,7-8,11-12,17-18,24,26,33,37H,6,9-10,13-16,19-20H2,1-4H3. The molecule has 0 aromatic heterocycles. The van der Waals surface area contributed by atoms with Crippen LogP contribution in [-0.4, -0.2) is 65.9 Å². The molecule has 1 amide bonds. The molecule has 2 N–H and O–H groups in total. The molecule has 1 saturated heterocycles. The van der Waals surface area contributed by atoms with E-state index in [0.717, 1.165) is 24.8 Å². The molecule has 1 aliphatic carbocycles. The van der Waals surface area contributed by atoms with Crippen LogP contribution in [0.2, 0.25) is 0 Å². The second-order valence-electron chi connectivity index (χ2n) is 11.7. The largest absolute Gasteiger partial charge is 0.493 e. The lowest BCUT2D eigenvalue weighted by molar-refractivity contribution is -0.132. The van der Waals surface area contributed by atoms with Crippen LogP contribution in [0.3, 0.4) is 0 Å². The van der Waals surface area contributed by atoms with Gasteiger partial charge in [-0.15, -0.1) is 0 Å². The molecule has 1 heterocycles. The topological polar surface area (TPSA) is 97.3 Å². The zero-order valence-corrected chi connectivity index (χ0v) is 25.5. The maximum absolute atomic E-state index is 14.3. The number of amides is 1. The molecule has 2 fully saturated rings. The zero-order valence-electron chi connectivity index (χ0n) is 23.9. The fourth-order valence-corrected chi connectivity index (χ4v) is 6.18. The van der Waals surface area contributed by atoms with Crippen LogP contribution in [-0.2, 0) is 16.1 Å². The molecule has 0 bridgehead atoms. The van der Waals surface area contributed by atoms with E-state index in [1.165, 1.54) is 0 Å². The molecule has 1 saturated carbocycles. The van der Waals surface area contributed by atoms with Crippen LogP contribution < -0.4 is 14.8 Å². The SMILES string of the molecule is COc1cc(C(C(=O)C2CN(C(=O)OC(C)(C)C)CCN2)C2(O)CCCCC2)cc(Br)c1OCc1ccccc1. The van der Waals surface area contributed by atoms with Gasteiger partial charge in [-0.05, 0) is 72.8 Å². The number of halogens is 1. The van der Waals surface area contributed by atoms with Crippen molar-refractivity contribution in [3.05, 3.63) is 58.1 Å². The number of nitrogens with one attached hydrogen (secondary N) is 1. The van der Waals surface area contributed by atoms with Crippen molar-refractivity contribution in [3.8, 4) is 11.5 Å². The summed E-state index contributed by atoms with van der Waals surface area (Å²) in [6, 6.07) is 12.9. The third kappa shape index (κ3) is 7.36. The number of rotatable bonds is 8. The molecule has 2 aromatic rings. The molecule has 0 spiro atoms. The van der Waals surface area contributed by atoms with Gasteiger partial charge in [-0.3, -0.25) is 4.79 Å². The number of ether oxygens (including phenoxy) is 3. The number of carbonyl (C=O) groups excluding carboxylic acids is 2. The Hall–Kier alpha value is -2.62. The van der Waals surface area contributed by atoms with E-state index in [1.54, 1.807) is 18.1 Å². The van der Waals surface area contributed by atoms with Gasteiger partial charge in [0.2, 0.25) is 0 Å². The van der Waals surface area contributed by atoms with E-state index < -0.39 is 29.3 Å². The summed E-state index contributed by atoms with van der Waals surface area (Å²) >= 11 is 3.64. The van der Waals surface area contributed by atoms with Crippen molar-refractivity contribution in [1.29, 1.82) is 0 Å². The monoisotopic (exact) mass is 616 g/mol. The fourth-order valence-electron chi connectivity index (χ4n) is 5.60. The molecule has 2 aliphatic rings. The van der Waals surface area contributed by atoms with E-state index in [-0.39, 0.29) is 12.3 Å². The van der Waals surface area contributed by atoms with Crippen molar-refractivity contribution in [1.82, 2.24) is 10.2 Å². The normalized spacial score (nSPS) is 19.9. The predicted molar refractivity (Wildman–Crippen MR) is 157 cm³/mol. The Morgan fingerprint density at radius 2 is 1.85 bits per heavy atom. The summed E-state index contributed by atoms with van der Waals surface area (Å²) < 4.78 is 18.0. The second-order valence-corrected chi connectivity index (χ2v) is 12.6. The molecule has 8 nitrogen and oxygen atoms in total. The molecule has 1 aliphatic heterocycles. The Kier molecular flexibility index (Phi) is 9.80. The number of Topliss-reactive ketones (excluding diaryl/α,β-unsaturated/α-hetero) is 1. The van der Waals surface area contributed by atoms with Gasteiger partial charge in [-0.1, -0.05) is 49.6 Å². The fraction of sp³-hybridized carbons (Fsp3) is 0.548. The Morgan fingerprint density at radius 1 is 1.15 bits per heavy atom. The summed E-state index contributed by atoms with van der Waals surface area (Å²) in [6.45, 7) is 6.90. The van der Waals surface area contributed by atoms with Crippen LogP contribution in [0.15, 0.2) is 46.9 Å². The molecule has 0 radical (unpaired) electrons. The lowest BCUT2D eigenvalue weighted by Gasteiger charge is -2.42. The van der Waals surface area contributed by atoms with Crippen LogP contribution in [0, 0.1) is 0 Å². The van der Waals surface area contributed by atoms with Gasteiger partial charge in [-0.2, -0.15) is 0 Å². The summed E-state index contributed by atoms with van der Waals surface area (Å²) in [5, 5.41) is 15.2. The zero-order chi connectivity index (χ0) is 28.9. The van der Waals surface area contributed by atoms with Gasteiger partial charge in [-0.25, -0.2) is 4.79 Å². The highest BCUT2D eigenvalue weighted by Crippen LogP contribution is 2.45. The first-order valence-corrected chi connectivity index (χ1v) is 14.8. The number of hydrogen-bond donors (Lipinski definition) is 2. The lowest BCUT2D eigenvalue weighted by Crippen LogP contribution is -2.59. The maximum Gasteiger partial charge on any atom is 0.410 e. The van der Waals surface area contributed by atoms with Crippen molar-refractivity contribution in [2.75, 3.05) is 26.7 Å². The molecule has 2 atom stereocenters. The van der Waals surface area contributed by atoms with Crippen molar-refractivity contribution in [3.63, 3.8) is 0 Å². The van der Waals surface area contributed by atoms with Crippen molar-refractivity contribution in [2.45, 2.75) is 82.6 Å². The number of ketones is 1. The molecule has 9 heteroatoms. The minimum atomic E-state index is -1.21. The van der Waals surface area contributed by atoms with E-state index in [4.69, 9.17) is 14.2 Å². The van der Waals surface area contributed by atoms with Gasteiger partial charge >= 0.3 is 6.09 Å². The number of benzene rings is 2. The first-order chi connectivity index (χ1) is 19.0. The van der Waals surface area contributed by atoms with Crippen LogP contribution in [0.4, 0.5) is 4.79 Å². The number of carbonyl (C=O) groups is 2. The Morgan fingerprint density at radius 3 is 2.50 bits per heavy atom. The second kappa shape index (κ2) is 12.9. The third-order valence-corrected chi connectivity index (χ3v) is 8.11. The summed E-state index contributed by atoms with van der Waals surface area (Å²) in [5.74, 6) is 0.0511. The maximum atomic E-state index is 14.3. The molecule has 40 heavy (non-hydrogen) atoms. The lowest BCUT2D eigenvalue weighted by atomic mass is 9.69. The summed E-state index contributed by atoms with van der Waals surface area (Å²) in [5.41, 5.74) is -0.166. The van der Waals surface area contributed by atoms with Crippen LogP contribution in [0.5, 0.6) is 11.5 Å². The highest BCUT2D eigenvalue weighted by atomic mass is 79.9. The van der Waals surface area contributed by atoms with E-state index in [9.17, 15) is 14.7 Å². The Labute approximate surface area is 245 Å². The number of piperazine rings is 1. The van der Waals surface area contributed by atoms with E-state index in [2.05, 4.69) is 21.2 Å². The number of methoxy groups -OCH3 is 1. The quantitative estimate of drug-likeness (QED) is 0.399. The van der Waals surface area contributed by atoms with Gasteiger partial charge in [0.1, 0.15) is 12.2 Å². The highest BCUT2D eigenvalue weighted by molar-refractivity contribution is 9.10. The van der Waals surface area contributed by atoms with Gasteiger partial charge in [0.15, 0.2) is 17.3 Å². The van der Waals surface area contributed by atoms with E-state index >= 15 is 0 Å². The van der Waals surface area contributed by atoms with Gasteiger partial charge in [0, 0.05) is 19.6 Å². The highest BCUT2D eigenvalue weighted by Gasteiger charge is 2.46. The first-order valence-electron chi connectivity index (χ1n) is 14.0. The minimum absolute atomic E-state index is 0.149.